The molecule has 3 aliphatic rings. The number of rotatable bonds is 5. The number of fused-ring (bicyclic) bond motifs is 7. The predicted molar refractivity (Wildman–Crippen MR) is 147 cm³/mol. The Morgan fingerprint density at radius 3 is 2.90 bits per heavy atom. The summed E-state index contributed by atoms with van der Waals surface area (Å²) in [6.07, 6.45) is 1.41. The third-order valence-electron chi connectivity index (χ3n) is 8.49. The van der Waals surface area contributed by atoms with E-state index >= 15 is 0 Å². The Morgan fingerprint density at radius 2 is 2.08 bits per heavy atom. The summed E-state index contributed by atoms with van der Waals surface area (Å²) in [6, 6.07) is 18.9. The second kappa shape index (κ2) is 8.83. The minimum atomic E-state index is -0.973. The number of aromatic nitrogens is 2. The van der Waals surface area contributed by atoms with E-state index in [1.165, 1.54) is 0 Å². The smallest absolute Gasteiger partial charge is 0.335 e. The number of amides is 1. The Labute approximate surface area is 230 Å². The van der Waals surface area contributed by atoms with Crippen molar-refractivity contribution in [3.63, 3.8) is 0 Å². The maximum Gasteiger partial charge on any atom is 0.335 e. The number of carbonyl (C=O) groups is 2. The molecule has 3 atom stereocenters. The molecule has 7 rings (SSSR count). The second-order valence-corrected chi connectivity index (χ2v) is 10.9. The van der Waals surface area contributed by atoms with Crippen LogP contribution in [0.3, 0.4) is 0 Å². The van der Waals surface area contributed by atoms with Gasteiger partial charge in [0, 0.05) is 41.3 Å². The lowest BCUT2D eigenvalue weighted by molar-refractivity contribution is -0.127. The number of nitrogens with one attached hydrogen (secondary N) is 1. The van der Waals surface area contributed by atoms with E-state index in [1.807, 2.05) is 49.4 Å². The van der Waals surface area contributed by atoms with Gasteiger partial charge in [0.25, 0.3) is 0 Å². The van der Waals surface area contributed by atoms with Gasteiger partial charge >= 0.3 is 5.97 Å². The first-order valence-electron chi connectivity index (χ1n) is 13.2. The molecule has 3 aliphatic heterocycles. The number of carboxylic acids is 1. The minimum absolute atomic E-state index is 0.0121. The first-order chi connectivity index (χ1) is 18.9. The van der Waals surface area contributed by atoms with E-state index in [2.05, 4.69) is 20.9 Å². The van der Waals surface area contributed by atoms with Crippen LogP contribution in [0, 0.1) is 0 Å². The quantitative estimate of drug-likeness (QED) is 0.351. The normalized spacial score (nSPS) is 23.5. The van der Waals surface area contributed by atoms with Crippen molar-refractivity contribution < 1.29 is 19.4 Å². The van der Waals surface area contributed by atoms with Crippen LogP contribution in [-0.4, -0.2) is 44.1 Å². The van der Waals surface area contributed by atoms with Gasteiger partial charge in [-0.05, 0) is 67.8 Å². The zero-order valence-corrected chi connectivity index (χ0v) is 22.1. The number of carbonyl (C=O) groups excluding carboxylic acids is 1. The van der Waals surface area contributed by atoms with Gasteiger partial charge in [-0.1, -0.05) is 29.8 Å². The van der Waals surface area contributed by atoms with Crippen LogP contribution in [0.15, 0.2) is 60.7 Å². The monoisotopic (exact) mass is 542 g/mol. The average molecular weight is 543 g/mol. The molecule has 1 amide bonds. The van der Waals surface area contributed by atoms with Crippen molar-refractivity contribution in [1.82, 2.24) is 14.5 Å². The Morgan fingerprint density at radius 1 is 1.21 bits per heavy atom. The van der Waals surface area contributed by atoms with Gasteiger partial charge in [0.15, 0.2) is 0 Å². The van der Waals surface area contributed by atoms with E-state index in [-0.39, 0.29) is 23.4 Å². The number of imidazole rings is 1. The first kappa shape index (κ1) is 24.2. The van der Waals surface area contributed by atoms with Crippen molar-refractivity contribution in [1.29, 1.82) is 0 Å². The molecule has 0 saturated carbocycles. The number of aryl methyl sites for hydroxylation is 1. The first-order valence-corrected chi connectivity index (χ1v) is 13.6. The van der Waals surface area contributed by atoms with Crippen LogP contribution in [0.5, 0.6) is 5.75 Å². The fourth-order valence-corrected chi connectivity index (χ4v) is 7.09. The minimum Gasteiger partial charge on any atom is -0.494 e. The zero-order valence-electron chi connectivity index (χ0n) is 21.4. The van der Waals surface area contributed by atoms with E-state index < -0.39 is 11.5 Å². The van der Waals surface area contributed by atoms with Crippen molar-refractivity contribution in [2.45, 2.75) is 50.4 Å². The van der Waals surface area contributed by atoms with Crippen molar-refractivity contribution in [2.24, 2.45) is 0 Å². The lowest BCUT2D eigenvalue weighted by Gasteiger charge is -2.38. The lowest BCUT2D eigenvalue weighted by atomic mass is 9.84. The molecule has 1 aromatic heterocycles. The van der Waals surface area contributed by atoms with Gasteiger partial charge in [-0.3, -0.25) is 9.69 Å². The van der Waals surface area contributed by atoms with Crippen molar-refractivity contribution in [2.75, 3.05) is 11.9 Å². The third-order valence-corrected chi connectivity index (χ3v) is 8.72. The Bertz CT molecular complexity index is 1670. The molecule has 4 aromatic rings. The Balaban J connectivity index is 1.37. The Hall–Kier alpha value is -3.88. The fraction of sp³-hybridized carbons (Fsp3) is 0.300. The number of halogens is 1. The molecule has 0 radical (unpaired) electrons. The van der Waals surface area contributed by atoms with Gasteiger partial charge in [-0.25, -0.2) is 9.78 Å². The number of anilines is 1. The number of aromatic carboxylic acids is 1. The van der Waals surface area contributed by atoms with Crippen LogP contribution >= 0.6 is 11.6 Å². The van der Waals surface area contributed by atoms with Gasteiger partial charge in [-0.2, -0.15) is 0 Å². The summed E-state index contributed by atoms with van der Waals surface area (Å²) >= 11 is 6.31. The molecule has 198 valence electrons. The van der Waals surface area contributed by atoms with E-state index in [4.69, 9.17) is 21.3 Å². The van der Waals surface area contributed by atoms with Crippen LogP contribution in [0.4, 0.5) is 5.69 Å². The number of benzene rings is 3. The molecule has 1 fully saturated rings. The topological polar surface area (TPSA) is 96.7 Å². The average Bonchev–Trinajstić information content (AvgIpc) is 3.54. The predicted octanol–water partition coefficient (Wildman–Crippen LogP) is 5.40. The second-order valence-electron chi connectivity index (χ2n) is 10.5. The van der Waals surface area contributed by atoms with E-state index in [1.54, 1.807) is 12.1 Å². The molecule has 1 spiro atoms. The molecular formula is C30H27ClN4O4. The van der Waals surface area contributed by atoms with E-state index in [0.717, 1.165) is 46.9 Å². The van der Waals surface area contributed by atoms with Crippen LogP contribution in [-0.2, 0) is 23.4 Å². The van der Waals surface area contributed by atoms with Gasteiger partial charge in [-0.15, -0.1) is 0 Å². The molecule has 9 heteroatoms. The van der Waals surface area contributed by atoms with Crippen LogP contribution in [0.2, 0.25) is 5.02 Å². The van der Waals surface area contributed by atoms with Gasteiger partial charge in [0.1, 0.15) is 17.1 Å². The highest BCUT2D eigenvalue weighted by molar-refractivity contribution is 6.31. The SMILES string of the molecule is CCOc1cccc(CN2C3CCn4c(nc5cc(C(=O)O)ccc54)C3C[C@@]23C(=O)Nc2cc(Cl)ccc23)c1. The van der Waals surface area contributed by atoms with Crippen LogP contribution in [0.1, 0.15) is 53.0 Å². The summed E-state index contributed by atoms with van der Waals surface area (Å²) in [5, 5.41) is 13.2. The highest BCUT2D eigenvalue weighted by Crippen LogP contribution is 2.57. The highest BCUT2D eigenvalue weighted by atomic mass is 35.5. The van der Waals surface area contributed by atoms with Gasteiger partial charge < -0.3 is 19.7 Å². The summed E-state index contributed by atoms with van der Waals surface area (Å²) in [7, 11) is 0. The van der Waals surface area contributed by atoms with Crippen molar-refractivity contribution in [3.05, 3.63) is 88.2 Å². The fourth-order valence-electron chi connectivity index (χ4n) is 6.92. The number of carboxylic acid groups (broad SMARTS) is 1. The largest absolute Gasteiger partial charge is 0.494 e. The summed E-state index contributed by atoms with van der Waals surface area (Å²) in [5.41, 5.74) is 3.69. The van der Waals surface area contributed by atoms with E-state index in [0.29, 0.717) is 30.1 Å². The standard InChI is InChI=1S/C30H27ClN4O4/c1-2-39-20-5-3-4-17(12-20)16-35-25-10-11-34-26-9-6-18(28(36)37)13-24(26)32-27(34)21(25)15-30(35)22-8-7-19(31)14-23(22)33-29(30)38/h3-9,12-14,21,25H,2,10-11,15-16H2,1H3,(H,33,38)(H,36,37)/t21?,25?,30-/m1/s1. The molecule has 39 heavy (non-hydrogen) atoms. The number of likely N-dealkylation sites (tertiary alicyclic amines) is 1. The van der Waals surface area contributed by atoms with Crippen molar-refractivity contribution >= 4 is 40.2 Å². The summed E-state index contributed by atoms with van der Waals surface area (Å²) in [4.78, 5) is 32.9. The third kappa shape index (κ3) is 3.58. The molecule has 3 aromatic carbocycles. The van der Waals surface area contributed by atoms with Crippen LogP contribution in [0.25, 0.3) is 11.0 Å². The van der Waals surface area contributed by atoms with Gasteiger partial charge in [0.05, 0.1) is 23.2 Å². The molecule has 4 heterocycles. The highest BCUT2D eigenvalue weighted by Gasteiger charge is 2.61. The number of ether oxygens (including phenoxy) is 1. The molecule has 2 unspecified atom stereocenters. The number of hydrogen-bond donors (Lipinski definition) is 2. The maximum absolute atomic E-state index is 14.0. The summed E-state index contributed by atoms with van der Waals surface area (Å²) < 4.78 is 7.96. The molecule has 0 bridgehead atoms. The molecule has 1 saturated heterocycles. The number of nitrogens with zero attached hydrogens (tertiary/aromatic N) is 3. The van der Waals surface area contributed by atoms with Crippen LogP contribution < -0.4 is 10.1 Å². The zero-order chi connectivity index (χ0) is 26.9. The molecule has 0 aliphatic carbocycles. The van der Waals surface area contributed by atoms with E-state index in [9.17, 15) is 14.7 Å². The Kier molecular flexibility index (Phi) is 5.47. The number of hydrogen-bond acceptors (Lipinski definition) is 5. The lowest BCUT2D eigenvalue weighted by Crippen LogP contribution is -2.49. The molecular weight excluding hydrogens is 516 g/mol. The molecule has 8 nitrogen and oxygen atoms in total. The van der Waals surface area contributed by atoms with Crippen molar-refractivity contribution in [3.8, 4) is 5.75 Å². The summed E-state index contributed by atoms with van der Waals surface area (Å²) in [5.74, 6) is 0.679. The summed E-state index contributed by atoms with van der Waals surface area (Å²) in [6.45, 7) is 3.85. The molecule has 2 N–H and O–H groups in total. The maximum atomic E-state index is 14.0. The van der Waals surface area contributed by atoms with Gasteiger partial charge in [0.2, 0.25) is 5.91 Å².